The third-order valence-electron chi connectivity index (χ3n) is 13.4. The average molecular weight is 928 g/mol. The Morgan fingerprint density at radius 3 is 1.45 bits per heavy atom. The van der Waals surface area contributed by atoms with E-state index < -0.39 is 0 Å². The first kappa shape index (κ1) is 50.5. The van der Waals surface area contributed by atoms with Gasteiger partial charge < -0.3 is 9.47 Å². The number of hydrogen-bond donors (Lipinski definition) is 0. The Morgan fingerprint density at radius 1 is 0.484 bits per heavy atom. The van der Waals surface area contributed by atoms with Crippen LogP contribution in [0.15, 0.2) is 35.0 Å². The van der Waals surface area contributed by atoms with Crippen LogP contribution in [-0.2, 0) is 0 Å². The van der Waals surface area contributed by atoms with Crippen LogP contribution >= 0.6 is 34.0 Å². The van der Waals surface area contributed by atoms with Gasteiger partial charge in [-0.15, -0.1) is 34.0 Å². The lowest BCUT2D eigenvalue weighted by molar-refractivity contribution is 0.0651. The maximum absolute atomic E-state index is 14.1. The first-order chi connectivity index (χ1) is 31.6. The van der Waals surface area contributed by atoms with Crippen molar-refractivity contribution >= 4 is 76.8 Å². The molecule has 0 saturated heterocycles. The zero-order valence-electron chi connectivity index (χ0n) is 40.1. The second-order valence-corrected chi connectivity index (χ2v) is 21.6. The fourth-order valence-corrected chi connectivity index (χ4v) is 12.9. The van der Waals surface area contributed by atoms with Crippen LogP contribution in [0.3, 0.4) is 0 Å². The van der Waals surface area contributed by atoms with E-state index in [1.807, 2.05) is 5.38 Å². The Morgan fingerprint density at radius 2 is 0.938 bits per heavy atom. The maximum Gasteiger partial charge on any atom is 0.263 e. The molecule has 2 amide bonds. The van der Waals surface area contributed by atoms with Crippen LogP contribution < -0.4 is 9.47 Å². The van der Waals surface area contributed by atoms with Gasteiger partial charge in [-0.25, -0.2) is 0 Å². The number of carbonyl (C=O) groups excluding carboxylic acids is 2. The number of rotatable bonds is 36. The first-order valence-electron chi connectivity index (χ1n) is 26.2. The third-order valence-corrected chi connectivity index (χ3v) is 16.7. The first-order valence-corrected chi connectivity index (χ1v) is 28.8. The lowest BCUT2D eigenvalue weighted by Crippen LogP contribution is -2.30. The van der Waals surface area contributed by atoms with E-state index in [0.29, 0.717) is 30.9 Å². The van der Waals surface area contributed by atoms with Crippen LogP contribution in [0.4, 0.5) is 0 Å². The fourth-order valence-electron chi connectivity index (χ4n) is 9.59. The Balaban J connectivity index is 1.17. The second kappa shape index (κ2) is 28.3. The molecule has 0 saturated carbocycles. The predicted octanol–water partition coefficient (Wildman–Crippen LogP) is 19.1. The monoisotopic (exact) mass is 928 g/mol. The van der Waals surface area contributed by atoms with E-state index >= 15 is 0 Å². The highest BCUT2D eigenvalue weighted by atomic mass is 32.1. The van der Waals surface area contributed by atoms with Crippen LogP contribution in [0.25, 0.3) is 40.7 Å². The van der Waals surface area contributed by atoms with Gasteiger partial charge in [0.05, 0.1) is 29.2 Å². The molecule has 3 aromatic heterocycles. The molecule has 1 aliphatic heterocycles. The highest BCUT2D eigenvalue weighted by Crippen LogP contribution is 2.50. The van der Waals surface area contributed by atoms with Crippen molar-refractivity contribution in [2.45, 2.75) is 213 Å². The number of amides is 2. The molecule has 64 heavy (non-hydrogen) atoms. The van der Waals surface area contributed by atoms with E-state index in [1.54, 1.807) is 22.7 Å². The zero-order chi connectivity index (χ0) is 44.8. The maximum atomic E-state index is 14.1. The molecular weight excluding hydrogens is 847 g/mol. The number of benzene rings is 2. The van der Waals surface area contributed by atoms with Crippen LogP contribution in [0, 0.1) is 0 Å². The molecule has 0 bridgehead atoms. The van der Waals surface area contributed by atoms with Crippen LogP contribution in [-0.4, -0.2) is 36.5 Å². The molecule has 0 fully saturated rings. The SMILES string of the molecule is CCCCCCCCCCCCOc1cc2cc(-c3scc4c3C(=O)N(CCCCCCCCCCCC)C4=O)sc2c2c(OCCCCCCCCCCCC)cc3ccsc3c12. The van der Waals surface area contributed by atoms with Gasteiger partial charge in [-0.3, -0.25) is 14.5 Å². The average Bonchev–Trinajstić information content (AvgIpc) is 4.10. The summed E-state index contributed by atoms with van der Waals surface area (Å²) in [5.74, 6) is 1.58. The van der Waals surface area contributed by atoms with Crippen molar-refractivity contribution in [3.63, 3.8) is 0 Å². The molecule has 0 atom stereocenters. The Hall–Kier alpha value is -2.94. The summed E-state index contributed by atoms with van der Waals surface area (Å²) in [7, 11) is 0. The Bertz CT molecular complexity index is 2120. The highest BCUT2D eigenvalue weighted by Gasteiger charge is 2.39. The van der Waals surface area contributed by atoms with Crippen molar-refractivity contribution in [1.29, 1.82) is 0 Å². The molecule has 2 aromatic carbocycles. The summed E-state index contributed by atoms with van der Waals surface area (Å²) in [6.07, 6.45) is 38.1. The molecule has 352 valence electrons. The van der Waals surface area contributed by atoms with Gasteiger partial charge in [0.2, 0.25) is 0 Å². The van der Waals surface area contributed by atoms with Crippen molar-refractivity contribution in [3.8, 4) is 21.3 Å². The molecule has 0 radical (unpaired) electrons. The minimum atomic E-state index is -0.129. The number of unbranched alkanes of at least 4 members (excludes halogenated alkanes) is 27. The summed E-state index contributed by atoms with van der Waals surface area (Å²) in [6, 6.07) is 8.91. The summed E-state index contributed by atoms with van der Waals surface area (Å²) in [6.45, 7) is 8.71. The summed E-state index contributed by atoms with van der Waals surface area (Å²) >= 11 is 5.03. The smallest absolute Gasteiger partial charge is 0.263 e. The number of carbonyl (C=O) groups is 2. The summed E-state index contributed by atoms with van der Waals surface area (Å²) in [5, 5.41) is 8.66. The number of hydrogen-bond acceptors (Lipinski definition) is 7. The Kier molecular flexibility index (Phi) is 22.3. The van der Waals surface area contributed by atoms with Gasteiger partial charge >= 0.3 is 0 Å². The molecule has 5 aromatic rings. The van der Waals surface area contributed by atoms with Crippen molar-refractivity contribution in [1.82, 2.24) is 4.90 Å². The van der Waals surface area contributed by atoms with E-state index in [9.17, 15) is 9.59 Å². The van der Waals surface area contributed by atoms with E-state index in [1.165, 1.54) is 193 Å². The van der Waals surface area contributed by atoms with Gasteiger partial charge in [-0.1, -0.05) is 194 Å². The van der Waals surface area contributed by atoms with Crippen LogP contribution in [0.5, 0.6) is 11.5 Å². The quantitative estimate of drug-likeness (QED) is 0.0297. The van der Waals surface area contributed by atoms with E-state index in [0.717, 1.165) is 67.8 Å². The van der Waals surface area contributed by atoms with Crippen LogP contribution in [0.2, 0.25) is 0 Å². The van der Waals surface area contributed by atoms with Gasteiger partial charge in [-0.2, -0.15) is 0 Å². The van der Waals surface area contributed by atoms with E-state index in [-0.39, 0.29) is 11.8 Å². The third kappa shape index (κ3) is 14.3. The number of thiophene rings is 3. The van der Waals surface area contributed by atoms with E-state index in [4.69, 9.17) is 9.47 Å². The topological polar surface area (TPSA) is 55.8 Å². The molecule has 4 heterocycles. The van der Waals surface area contributed by atoms with Gasteiger partial charge in [-0.05, 0) is 59.7 Å². The Labute approximate surface area is 399 Å². The number of fused-ring (bicyclic) bond motifs is 6. The van der Waals surface area contributed by atoms with Crippen molar-refractivity contribution in [2.75, 3.05) is 19.8 Å². The molecule has 0 spiro atoms. The minimum absolute atomic E-state index is 0.129. The summed E-state index contributed by atoms with van der Waals surface area (Å²) in [4.78, 5) is 31.2. The van der Waals surface area contributed by atoms with Gasteiger partial charge in [0.15, 0.2) is 0 Å². The summed E-state index contributed by atoms with van der Waals surface area (Å²) in [5.41, 5.74) is 1.16. The molecule has 0 unspecified atom stereocenters. The lowest BCUT2D eigenvalue weighted by atomic mass is 10.0. The highest BCUT2D eigenvalue weighted by molar-refractivity contribution is 7.27. The summed E-state index contributed by atoms with van der Waals surface area (Å²) < 4.78 is 16.0. The molecule has 0 aliphatic carbocycles. The van der Waals surface area contributed by atoms with Gasteiger partial charge in [0.1, 0.15) is 11.5 Å². The largest absolute Gasteiger partial charge is 0.493 e. The van der Waals surface area contributed by atoms with Crippen molar-refractivity contribution < 1.29 is 19.1 Å². The van der Waals surface area contributed by atoms with Crippen LogP contribution in [0.1, 0.15) is 234 Å². The van der Waals surface area contributed by atoms with E-state index in [2.05, 4.69) is 50.4 Å². The fraction of sp³-hybridized carbons (Fsp3) is 0.643. The second-order valence-electron chi connectivity index (χ2n) is 18.7. The lowest BCUT2D eigenvalue weighted by Gasteiger charge is -2.15. The normalized spacial score (nSPS) is 12.8. The minimum Gasteiger partial charge on any atom is -0.493 e. The molecular formula is C56H81NO4S3. The number of ether oxygens (including phenoxy) is 2. The van der Waals surface area contributed by atoms with Gasteiger partial charge in [0, 0.05) is 37.0 Å². The molecule has 8 heteroatoms. The molecule has 5 nitrogen and oxygen atoms in total. The number of nitrogens with zero attached hydrogens (tertiary/aromatic N) is 1. The molecule has 1 aliphatic rings. The standard InChI is InChI=1S/C56H81NO4S3/c1-4-7-10-13-16-19-22-25-28-31-35-57-55(58)45-42-63-54(49(45)56(57)59)48-41-44-40-47(61-37-33-30-27-24-21-18-15-12-9-6-3)50-51(53(44)64-48)46(39-43-34-38-62-52(43)50)60-36-32-29-26-23-20-17-14-11-8-5-2/h34,38-42H,4-33,35-37H2,1-3H3. The van der Waals surface area contributed by atoms with Crippen molar-refractivity contribution in [2.24, 2.45) is 0 Å². The molecule has 6 rings (SSSR count). The number of imide groups is 1. The van der Waals surface area contributed by atoms with Gasteiger partial charge in [0.25, 0.3) is 11.8 Å². The predicted molar refractivity (Wildman–Crippen MR) is 280 cm³/mol. The van der Waals surface area contributed by atoms with Crippen molar-refractivity contribution in [3.05, 3.63) is 46.2 Å². The molecule has 0 N–H and O–H groups in total. The zero-order valence-corrected chi connectivity index (χ0v) is 42.6.